The van der Waals surface area contributed by atoms with Crippen molar-refractivity contribution in [3.8, 4) is 17.0 Å². The van der Waals surface area contributed by atoms with Gasteiger partial charge < -0.3 is 20.7 Å². The second kappa shape index (κ2) is 9.57. The smallest absolute Gasteiger partial charge is 0.319 e. The molecular formula is C21H24N6O2S. The lowest BCUT2D eigenvalue weighted by molar-refractivity contribution is 0.250. The first kappa shape index (κ1) is 20.1. The van der Waals surface area contributed by atoms with Gasteiger partial charge in [-0.25, -0.2) is 9.78 Å². The number of rotatable bonds is 7. The molecule has 1 saturated heterocycles. The third-order valence-corrected chi connectivity index (χ3v) is 5.50. The van der Waals surface area contributed by atoms with Crippen LogP contribution in [0.3, 0.4) is 0 Å². The average molecular weight is 425 g/mol. The number of para-hydroxylation sites is 1. The SMILES string of the molecule is COc1ccccc1-c1csc(Nc2ccc(NC(=O)NCC3CNNC3)cc2)n1. The van der Waals surface area contributed by atoms with Crippen LogP contribution in [0.15, 0.2) is 53.9 Å². The first-order valence-electron chi connectivity index (χ1n) is 9.68. The third kappa shape index (κ3) is 5.07. The number of carbonyl (C=O) groups is 1. The van der Waals surface area contributed by atoms with E-state index >= 15 is 0 Å². The molecule has 3 aromatic rings. The summed E-state index contributed by atoms with van der Waals surface area (Å²) in [6.07, 6.45) is 0. The molecule has 0 atom stereocenters. The molecular weight excluding hydrogens is 400 g/mol. The Labute approximate surface area is 179 Å². The average Bonchev–Trinajstić information content (AvgIpc) is 3.46. The van der Waals surface area contributed by atoms with E-state index in [-0.39, 0.29) is 6.03 Å². The molecule has 0 radical (unpaired) electrons. The van der Waals surface area contributed by atoms with Crippen LogP contribution in [0.4, 0.5) is 21.3 Å². The molecule has 0 saturated carbocycles. The fraction of sp³-hybridized carbons (Fsp3) is 0.238. The number of amides is 2. The summed E-state index contributed by atoms with van der Waals surface area (Å²) in [5.41, 5.74) is 9.54. The number of hydrazine groups is 1. The number of aromatic nitrogens is 1. The van der Waals surface area contributed by atoms with E-state index in [4.69, 9.17) is 4.74 Å². The molecule has 1 aromatic heterocycles. The molecule has 0 spiro atoms. The maximum Gasteiger partial charge on any atom is 0.319 e. The van der Waals surface area contributed by atoms with Crippen LogP contribution in [0.2, 0.25) is 0 Å². The van der Waals surface area contributed by atoms with Crippen LogP contribution in [-0.4, -0.2) is 37.8 Å². The minimum absolute atomic E-state index is 0.205. The monoisotopic (exact) mass is 424 g/mol. The maximum atomic E-state index is 12.0. The lowest BCUT2D eigenvalue weighted by Gasteiger charge is -2.11. The highest BCUT2D eigenvalue weighted by molar-refractivity contribution is 7.14. The molecule has 2 amide bonds. The maximum absolute atomic E-state index is 12.0. The van der Waals surface area contributed by atoms with E-state index in [0.29, 0.717) is 12.5 Å². The number of thiazole rings is 1. The van der Waals surface area contributed by atoms with Gasteiger partial charge in [0.15, 0.2) is 5.13 Å². The van der Waals surface area contributed by atoms with Crippen molar-refractivity contribution < 1.29 is 9.53 Å². The Morgan fingerprint density at radius 3 is 2.63 bits per heavy atom. The molecule has 0 aliphatic carbocycles. The first-order chi connectivity index (χ1) is 14.7. The second-order valence-electron chi connectivity index (χ2n) is 6.90. The molecule has 0 unspecified atom stereocenters. The topological polar surface area (TPSA) is 99.3 Å². The van der Waals surface area contributed by atoms with Crippen molar-refractivity contribution in [2.45, 2.75) is 0 Å². The normalized spacial score (nSPS) is 13.8. The fourth-order valence-electron chi connectivity index (χ4n) is 3.13. The Morgan fingerprint density at radius 1 is 1.13 bits per heavy atom. The van der Waals surface area contributed by atoms with Crippen LogP contribution in [0.1, 0.15) is 0 Å². The van der Waals surface area contributed by atoms with Crippen molar-refractivity contribution in [1.29, 1.82) is 0 Å². The van der Waals surface area contributed by atoms with Gasteiger partial charge in [-0.15, -0.1) is 11.3 Å². The van der Waals surface area contributed by atoms with Gasteiger partial charge in [-0.2, -0.15) is 0 Å². The van der Waals surface area contributed by atoms with Gasteiger partial charge in [-0.3, -0.25) is 10.9 Å². The largest absolute Gasteiger partial charge is 0.496 e. The Balaban J connectivity index is 1.32. The van der Waals surface area contributed by atoms with E-state index in [1.807, 2.05) is 53.9 Å². The number of methoxy groups -OCH3 is 1. The number of nitrogens with zero attached hydrogens (tertiary/aromatic N) is 1. The van der Waals surface area contributed by atoms with Gasteiger partial charge in [-0.1, -0.05) is 12.1 Å². The zero-order valence-corrected chi connectivity index (χ0v) is 17.4. The Bertz CT molecular complexity index is 985. The summed E-state index contributed by atoms with van der Waals surface area (Å²) in [6.45, 7) is 2.34. The van der Waals surface area contributed by atoms with Gasteiger partial charge in [0, 0.05) is 47.9 Å². The molecule has 8 nitrogen and oxygen atoms in total. The number of urea groups is 1. The Hall–Kier alpha value is -3.14. The van der Waals surface area contributed by atoms with E-state index < -0.39 is 0 Å². The van der Waals surface area contributed by atoms with E-state index in [1.165, 1.54) is 11.3 Å². The van der Waals surface area contributed by atoms with E-state index in [0.717, 1.165) is 46.6 Å². The minimum atomic E-state index is -0.205. The lowest BCUT2D eigenvalue weighted by Crippen LogP contribution is -2.34. The number of nitrogens with one attached hydrogen (secondary N) is 5. The predicted octanol–water partition coefficient (Wildman–Crippen LogP) is 3.41. The summed E-state index contributed by atoms with van der Waals surface area (Å²) in [4.78, 5) is 16.7. The van der Waals surface area contributed by atoms with Gasteiger partial charge in [0.25, 0.3) is 0 Å². The summed E-state index contributed by atoms with van der Waals surface area (Å²) in [6, 6.07) is 15.1. The number of benzene rings is 2. The van der Waals surface area contributed by atoms with Crippen LogP contribution in [-0.2, 0) is 0 Å². The van der Waals surface area contributed by atoms with Crippen molar-refractivity contribution >= 4 is 33.9 Å². The summed E-state index contributed by atoms with van der Waals surface area (Å²) >= 11 is 1.52. The summed E-state index contributed by atoms with van der Waals surface area (Å²) in [5.74, 6) is 1.20. The fourth-order valence-corrected chi connectivity index (χ4v) is 3.86. The van der Waals surface area contributed by atoms with E-state index in [2.05, 4.69) is 31.8 Å². The summed E-state index contributed by atoms with van der Waals surface area (Å²) < 4.78 is 5.42. The molecule has 0 bridgehead atoms. The van der Waals surface area contributed by atoms with Crippen LogP contribution >= 0.6 is 11.3 Å². The zero-order valence-electron chi connectivity index (χ0n) is 16.6. The van der Waals surface area contributed by atoms with Gasteiger partial charge in [-0.05, 0) is 36.4 Å². The number of carbonyl (C=O) groups excluding carboxylic acids is 1. The molecule has 1 aliphatic rings. The van der Waals surface area contributed by atoms with Gasteiger partial charge in [0.2, 0.25) is 0 Å². The van der Waals surface area contributed by atoms with Crippen LogP contribution in [0.5, 0.6) is 5.75 Å². The first-order valence-corrected chi connectivity index (χ1v) is 10.6. The number of hydrogen-bond donors (Lipinski definition) is 5. The predicted molar refractivity (Wildman–Crippen MR) is 120 cm³/mol. The Morgan fingerprint density at radius 2 is 1.87 bits per heavy atom. The van der Waals surface area contributed by atoms with Gasteiger partial charge in [0.05, 0.1) is 12.8 Å². The van der Waals surface area contributed by atoms with Crippen molar-refractivity contribution in [1.82, 2.24) is 21.2 Å². The standard InChI is InChI=1S/C21H24N6O2S/c1-29-19-5-3-2-4-17(19)18-13-30-21(27-18)26-16-8-6-15(7-9-16)25-20(28)22-10-14-11-23-24-12-14/h2-9,13-14,23-24H,10-12H2,1H3,(H,26,27)(H2,22,25,28). The minimum Gasteiger partial charge on any atom is -0.496 e. The molecule has 2 heterocycles. The van der Waals surface area contributed by atoms with Crippen molar-refractivity contribution in [2.75, 3.05) is 37.4 Å². The highest BCUT2D eigenvalue weighted by Crippen LogP contribution is 2.32. The summed E-state index contributed by atoms with van der Waals surface area (Å²) in [7, 11) is 1.66. The molecule has 4 rings (SSSR count). The molecule has 1 fully saturated rings. The van der Waals surface area contributed by atoms with Gasteiger partial charge in [0.1, 0.15) is 5.75 Å². The molecule has 30 heavy (non-hydrogen) atoms. The van der Waals surface area contributed by atoms with Crippen LogP contribution < -0.4 is 31.5 Å². The lowest BCUT2D eigenvalue weighted by atomic mass is 10.1. The molecule has 5 N–H and O–H groups in total. The second-order valence-corrected chi connectivity index (χ2v) is 7.76. The molecule has 156 valence electrons. The van der Waals surface area contributed by atoms with E-state index in [9.17, 15) is 4.79 Å². The van der Waals surface area contributed by atoms with Crippen LogP contribution in [0.25, 0.3) is 11.3 Å². The van der Waals surface area contributed by atoms with Crippen molar-refractivity contribution in [3.05, 3.63) is 53.9 Å². The highest BCUT2D eigenvalue weighted by Gasteiger charge is 2.15. The third-order valence-electron chi connectivity index (χ3n) is 4.74. The van der Waals surface area contributed by atoms with Crippen LogP contribution in [0, 0.1) is 5.92 Å². The number of ether oxygens (including phenoxy) is 1. The number of anilines is 3. The number of hydrogen-bond acceptors (Lipinski definition) is 7. The quantitative estimate of drug-likeness (QED) is 0.399. The molecule has 9 heteroatoms. The molecule has 2 aromatic carbocycles. The van der Waals surface area contributed by atoms with Crippen molar-refractivity contribution in [2.24, 2.45) is 5.92 Å². The zero-order chi connectivity index (χ0) is 20.8. The van der Waals surface area contributed by atoms with Gasteiger partial charge >= 0.3 is 6.03 Å². The molecule has 1 aliphatic heterocycles. The van der Waals surface area contributed by atoms with E-state index in [1.54, 1.807) is 7.11 Å². The Kier molecular flexibility index (Phi) is 6.43. The van der Waals surface area contributed by atoms with Crippen molar-refractivity contribution in [3.63, 3.8) is 0 Å². The highest BCUT2D eigenvalue weighted by atomic mass is 32.1. The summed E-state index contributed by atoms with van der Waals surface area (Å²) in [5, 5.41) is 11.8.